The van der Waals surface area contributed by atoms with Crippen LogP contribution in [0.3, 0.4) is 0 Å². The van der Waals surface area contributed by atoms with Gasteiger partial charge in [-0.25, -0.2) is 4.68 Å². The van der Waals surface area contributed by atoms with Crippen LogP contribution in [0, 0.1) is 4.64 Å². The van der Waals surface area contributed by atoms with Gasteiger partial charge in [-0.2, -0.15) is 13.2 Å². The second-order valence-electron chi connectivity index (χ2n) is 4.25. The SMILES string of the molecule is CCCc1cc(=S)n(-c2cccc(C(F)(F)F)c2)[nH]1. The van der Waals surface area contributed by atoms with E-state index in [1.54, 1.807) is 12.1 Å². The highest BCUT2D eigenvalue weighted by atomic mass is 32.1. The highest BCUT2D eigenvalue weighted by molar-refractivity contribution is 7.71. The van der Waals surface area contributed by atoms with Crippen LogP contribution in [0.2, 0.25) is 0 Å². The van der Waals surface area contributed by atoms with Gasteiger partial charge in [-0.1, -0.05) is 31.6 Å². The molecule has 0 aliphatic heterocycles. The predicted octanol–water partition coefficient (Wildman–Crippen LogP) is 4.51. The molecule has 0 aliphatic carbocycles. The van der Waals surface area contributed by atoms with Gasteiger partial charge in [0.05, 0.1) is 11.3 Å². The zero-order valence-corrected chi connectivity index (χ0v) is 11.1. The van der Waals surface area contributed by atoms with Crippen LogP contribution >= 0.6 is 12.2 Å². The molecule has 0 bridgehead atoms. The van der Waals surface area contributed by atoms with Gasteiger partial charge < -0.3 is 0 Å². The molecule has 0 fully saturated rings. The molecule has 0 radical (unpaired) electrons. The fraction of sp³-hybridized carbons (Fsp3) is 0.308. The maximum atomic E-state index is 12.7. The van der Waals surface area contributed by atoms with Crippen LogP contribution in [0.5, 0.6) is 0 Å². The van der Waals surface area contributed by atoms with E-state index >= 15 is 0 Å². The summed E-state index contributed by atoms with van der Waals surface area (Å²) >= 11 is 5.16. The first-order valence-corrected chi connectivity index (χ1v) is 6.31. The molecule has 1 aromatic heterocycles. The van der Waals surface area contributed by atoms with E-state index in [2.05, 4.69) is 5.10 Å². The Morgan fingerprint density at radius 3 is 2.63 bits per heavy atom. The van der Waals surface area contributed by atoms with Crippen LogP contribution in [0.4, 0.5) is 13.2 Å². The Morgan fingerprint density at radius 1 is 1.26 bits per heavy atom. The maximum Gasteiger partial charge on any atom is 0.416 e. The highest BCUT2D eigenvalue weighted by Crippen LogP contribution is 2.30. The van der Waals surface area contributed by atoms with Crippen molar-refractivity contribution in [2.45, 2.75) is 25.9 Å². The minimum absolute atomic E-state index is 0.391. The third-order valence-corrected chi connectivity index (χ3v) is 3.02. The molecular formula is C13H13F3N2S. The summed E-state index contributed by atoms with van der Waals surface area (Å²) in [5, 5.41) is 3.02. The van der Waals surface area contributed by atoms with Crippen LogP contribution in [-0.4, -0.2) is 9.78 Å². The third kappa shape index (κ3) is 3.07. The van der Waals surface area contributed by atoms with Crippen molar-refractivity contribution < 1.29 is 13.2 Å². The van der Waals surface area contributed by atoms with E-state index in [1.807, 2.05) is 6.92 Å². The van der Waals surface area contributed by atoms with E-state index < -0.39 is 11.7 Å². The van der Waals surface area contributed by atoms with E-state index in [9.17, 15) is 13.2 Å². The van der Waals surface area contributed by atoms with Crippen molar-refractivity contribution in [3.8, 4) is 5.69 Å². The van der Waals surface area contributed by atoms with E-state index in [1.165, 1.54) is 10.7 Å². The lowest BCUT2D eigenvalue weighted by molar-refractivity contribution is -0.137. The standard InChI is InChI=1S/C13H13F3N2S/c1-2-4-10-8-12(19)18(17-10)11-6-3-5-9(7-11)13(14,15)16/h3,5-8,17H,2,4H2,1H3. The van der Waals surface area contributed by atoms with Crippen molar-refractivity contribution in [2.75, 3.05) is 0 Å². The van der Waals surface area contributed by atoms with Gasteiger partial charge in [0.1, 0.15) is 4.64 Å². The number of benzene rings is 1. The number of rotatable bonds is 3. The number of halogens is 3. The van der Waals surface area contributed by atoms with E-state index in [-0.39, 0.29) is 0 Å². The van der Waals surface area contributed by atoms with Crippen molar-refractivity contribution in [1.82, 2.24) is 9.78 Å². The van der Waals surface area contributed by atoms with Crippen molar-refractivity contribution in [2.24, 2.45) is 0 Å². The van der Waals surface area contributed by atoms with Gasteiger partial charge in [-0.3, -0.25) is 5.10 Å². The Labute approximate surface area is 113 Å². The number of aromatic nitrogens is 2. The van der Waals surface area contributed by atoms with Crippen molar-refractivity contribution in [1.29, 1.82) is 0 Å². The number of hydrogen-bond donors (Lipinski definition) is 1. The first-order valence-electron chi connectivity index (χ1n) is 5.90. The minimum atomic E-state index is -4.35. The smallest absolute Gasteiger partial charge is 0.297 e. The summed E-state index contributed by atoms with van der Waals surface area (Å²) in [4.78, 5) is 0. The number of H-pyrrole nitrogens is 1. The van der Waals surface area contributed by atoms with E-state index in [0.29, 0.717) is 10.3 Å². The van der Waals surface area contributed by atoms with Crippen LogP contribution < -0.4 is 0 Å². The fourth-order valence-corrected chi connectivity index (χ4v) is 2.15. The maximum absolute atomic E-state index is 12.7. The molecule has 102 valence electrons. The Bertz CT molecular complexity index is 625. The van der Waals surface area contributed by atoms with Gasteiger partial charge in [0.25, 0.3) is 0 Å². The molecule has 2 rings (SSSR count). The molecule has 1 aromatic carbocycles. The zero-order valence-electron chi connectivity index (χ0n) is 10.3. The summed E-state index contributed by atoms with van der Waals surface area (Å²) in [6, 6.07) is 6.88. The lowest BCUT2D eigenvalue weighted by atomic mass is 10.2. The summed E-state index contributed by atoms with van der Waals surface area (Å²) in [6.07, 6.45) is -2.59. The molecule has 2 nitrogen and oxygen atoms in total. The van der Waals surface area contributed by atoms with Crippen LogP contribution in [-0.2, 0) is 12.6 Å². The van der Waals surface area contributed by atoms with Gasteiger partial charge in [0.15, 0.2) is 0 Å². The summed E-state index contributed by atoms with van der Waals surface area (Å²) < 4.78 is 40.0. The number of aromatic amines is 1. The molecule has 0 amide bonds. The number of aryl methyl sites for hydroxylation is 1. The normalized spacial score (nSPS) is 11.8. The molecule has 6 heteroatoms. The first kappa shape index (κ1) is 13.9. The molecule has 2 aromatic rings. The van der Waals surface area contributed by atoms with Gasteiger partial charge in [-0.05, 0) is 30.7 Å². The number of nitrogens with zero attached hydrogens (tertiary/aromatic N) is 1. The molecular weight excluding hydrogens is 273 g/mol. The molecule has 19 heavy (non-hydrogen) atoms. The van der Waals surface area contributed by atoms with E-state index in [0.717, 1.165) is 30.7 Å². The van der Waals surface area contributed by atoms with Crippen molar-refractivity contribution in [3.05, 3.63) is 46.2 Å². The molecule has 0 atom stereocenters. The minimum Gasteiger partial charge on any atom is -0.297 e. The van der Waals surface area contributed by atoms with Crippen LogP contribution in [0.25, 0.3) is 5.69 Å². The summed E-state index contributed by atoms with van der Waals surface area (Å²) in [5.74, 6) is 0. The van der Waals surface area contributed by atoms with Gasteiger partial charge in [0.2, 0.25) is 0 Å². The molecule has 0 unspecified atom stereocenters. The molecule has 0 spiro atoms. The second-order valence-corrected chi connectivity index (χ2v) is 4.67. The summed E-state index contributed by atoms with van der Waals surface area (Å²) in [5.41, 5.74) is 0.630. The molecule has 1 heterocycles. The Hall–Kier alpha value is -1.56. The summed E-state index contributed by atoms with van der Waals surface area (Å²) in [7, 11) is 0. The van der Waals surface area contributed by atoms with Crippen molar-refractivity contribution in [3.63, 3.8) is 0 Å². The predicted molar refractivity (Wildman–Crippen MR) is 70.0 cm³/mol. The topological polar surface area (TPSA) is 20.7 Å². The Balaban J connectivity index is 2.45. The Morgan fingerprint density at radius 2 is 2.00 bits per heavy atom. The quantitative estimate of drug-likeness (QED) is 0.823. The Kier molecular flexibility index (Phi) is 3.80. The van der Waals surface area contributed by atoms with Gasteiger partial charge in [0, 0.05) is 5.69 Å². The van der Waals surface area contributed by atoms with Crippen LogP contribution in [0.1, 0.15) is 24.6 Å². The van der Waals surface area contributed by atoms with Crippen molar-refractivity contribution >= 4 is 12.2 Å². The third-order valence-electron chi connectivity index (χ3n) is 2.72. The average Bonchev–Trinajstić information content (AvgIpc) is 2.70. The zero-order chi connectivity index (χ0) is 14.0. The second kappa shape index (κ2) is 5.21. The first-order chi connectivity index (χ1) is 8.91. The number of nitrogens with one attached hydrogen (secondary N) is 1. The lowest BCUT2D eigenvalue weighted by Gasteiger charge is -2.09. The molecule has 0 saturated heterocycles. The molecule has 1 N–H and O–H groups in total. The fourth-order valence-electron chi connectivity index (χ4n) is 1.86. The van der Waals surface area contributed by atoms with Crippen LogP contribution in [0.15, 0.2) is 30.3 Å². The molecule has 0 aliphatic rings. The highest BCUT2D eigenvalue weighted by Gasteiger charge is 2.30. The van der Waals surface area contributed by atoms with Gasteiger partial charge >= 0.3 is 6.18 Å². The largest absolute Gasteiger partial charge is 0.416 e. The average molecular weight is 286 g/mol. The van der Waals surface area contributed by atoms with Gasteiger partial charge in [-0.15, -0.1) is 0 Å². The molecule has 0 saturated carbocycles. The summed E-state index contributed by atoms with van der Waals surface area (Å²) in [6.45, 7) is 2.03. The number of hydrogen-bond acceptors (Lipinski definition) is 1. The lowest BCUT2D eigenvalue weighted by Crippen LogP contribution is -2.06. The monoisotopic (exact) mass is 286 g/mol. The van der Waals surface area contributed by atoms with E-state index in [4.69, 9.17) is 12.2 Å². The number of alkyl halides is 3.